The normalized spacial score (nSPS) is 17.0. The number of rotatable bonds is 6. The maximum atomic E-state index is 12.7. The fraction of sp³-hybridized carbons (Fsp3) is 0.333. The summed E-state index contributed by atoms with van der Waals surface area (Å²) >= 11 is 0. The van der Waals surface area contributed by atoms with E-state index < -0.39 is 0 Å². The van der Waals surface area contributed by atoms with Crippen LogP contribution < -0.4 is 10.6 Å². The van der Waals surface area contributed by atoms with E-state index in [0.29, 0.717) is 12.1 Å². The molecule has 26 heavy (non-hydrogen) atoms. The molecule has 5 heteroatoms. The lowest BCUT2D eigenvalue weighted by molar-refractivity contribution is -0.125. The summed E-state index contributed by atoms with van der Waals surface area (Å²) in [5, 5.41) is 5.64. The highest BCUT2D eigenvalue weighted by atomic mass is 16.2. The van der Waals surface area contributed by atoms with Crippen molar-refractivity contribution in [1.29, 1.82) is 0 Å². The SMILES string of the molecule is CNC(=O)c1cccc(CNC(=O)[C@@H]2CCCN2Cc2ccccc2)c1. The Balaban J connectivity index is 1.58. The second kappa shape index (κ2) is 8.63. The molecular formula is C21H25N3O2. The molecule has 5 nitrogen and oxygen atoms in total. The Labute approximate surface area is 154 Å². The molecule has 1 fully saturated rings. The highest BCUT2D eigenvalue weighted by Crippen LogP contribution is 2.20. The fourth-order valence-electron chi connectivity index (χ4n) is 3.40. The van der Waals surface area contributed by atoms with Crippen LogP contribution in [0.25, 0.3) is 0 Å². The number of nitrogens with one attached hydrogen (secondary N) is 2. The molecule has 1 atom stereocenters. The molecular weight excluding hydrogens is 326 g/mol. The first kappa shape index (κ1) is 18.1. The van der Waals surface area contributed by atoms with Crippen LogP contribution in [0.3, 0.4) is 0 Å². The Bertz CT molecular complexity index is 761. The summed E-state index contributed by atoms with van der Waals surface area (Å²) in [7, 11) is 1.61. The van der Waals surface area contributed by atoms with Crippen LogP contribution >= 0.6 is 0 Å². The Hall–Kier alpha value is -2.66. The van der Waals surface area contributed by atoms with E-state index in [-0.39, 0.29) is 17.9 Å². The van der Waals surface area contributed by atoms with Gasteiger partial charge in [0.05, 0.1) is 6.04 Å². The maximum absolute atomic E-state index is 12.7. The molecule has 1 aliphatic rings. The number of amides is 2. The molecule has 3 rings (SSSR count). The summed E-state index contributed by atoms with van der Waals surface area (Å²) in [6.07, 6.45) is 1.92. The van der Waals surface area contributed by atoms with Gasteiger partial charge in [-0.25, -0.2) is 0 Å². The molecule has 1 heterocycles. The van der Waals surface area contributed by atoms with Gasteiger partial charge in [0, 0.05) is 25.7 Å². The average Bonchev–Trinajstić information content (AvgIpc) is 3.14. The van der Waals surface area contributed by atoms with E-state index in [0.717, 1.165) is 31.5 Å². The molecule has 2 amide bonds. The van der Waals surface area contributed by atoms with E-state index in [2.05, 4.69) is 27.7 Å². The van der Waals surface area contributed by atoms with Crippen molar-refractivity contribution in [3.05, 3.63) is 71.3 Å². The van der Waals surface area contributed by atoms with Gasteiger partial charge in [-0.1, -0.05) is 42.5 Å². The molecule has 0 aromatic heterocycles. The number of likely N-dealkylation sites (tertiary alicyclic amines) is 1. The summed E-state index contributed by atoms with van der Waals surface area (Å²) in [5.41, 5.74) is 2.75. The largest absolute Gasteiger partial charge is 0.355 e. The molecule has 2 aromatic rings. The van der Waals surface area contributed by atoms with Crippen LogP contribution in [-0.4, -0.2) is 36.3 Å². The van der Waals surface area contributed by atoms with Gasteiger partial charge in [-0.3, -0.25) is 14.5 Å². The molecule has 0 bridgehead atoms. The summed E-state index contributed by atoms with van der Waals surface area (Å²) < 4.78 is 0. The first-order chi connectivity index (χ1) is 12.7. The monoisotopic (exact) mass is 351 g/mol. The second-order valence-electron chi connectivity index (χ2n) is 6.61. The summed E-state index contributed by atoms with van der Waals surface area (Å²) in [5.74, 6) is -0.0632. The Kier molecular flexibility index (Phi) is 6.02. The smallest absolute Gasteiger partial charge is 0.251 e. The van der Waals surface area contributed by atoms with Crippen molar-refractivity contribution in [2.24, 2.45) is 0 Å². The minimum atomic E-state index is -0.122. The Morgan fingerprint density at radius 1 is 1.08 bits per heavy atom. The van der Waals surface area contributed by atoms with Gasteiger partial charge >= 0.3 is 0 Å². The van der Waals surface area contributed by atoms with Crippen molar-refractivity contribution in [2.45, 2.75) is 32.0 Å². The zero-order valence-corrected chi connectivity index (χ0v) is 15.1. The van der Waals surface area contributed by atoms with Gasteiger partial charge < -0.3 is 10.6 Å². The molecule has 0 spiro atoms. The highest BCUT2D eigenvalue weighted by Gasteiger charge is 2.30. The van der Waals surface area contributed by atoms with E-state index in [4.69, 9.17) is 0 Å². The summed E-state index contributed by atoms with van der Waals surface area (Å²) in [4.78, 5) is 26.6. The lowest BCUT2D eigenvalue weighted by atomic mass is 10.1. The first-order valence-electron chi connectivity index (χ1n) is 9.04. The number of nitrogens with zero attached hydrogens (tertiary/aromatic N) is 1. The van der Waals surface area contributed by atoms with Crippen molar-refractivity contribution >= 4 is 11.8 Å². The van der Waals surface area contributed by atoms with Crippen LogP contribution in [-0.2, 0) is 17.9 Å². The van der Waals surface area contributed by atoms with Crippen LogP contribution in [0.15, 0.2) is 54.6 Å². The number of benzene rings is 2. The number of hydrogen-bond donors (Lipinski definition) is 2. The molecule has 2 N–H and O–H groups in total. The van der Waals surface area contributed by atoms with Gasteiger partial charge in [-0.05, 0) is 42.6 Å². The van der Waals surface area contributed by atoms with Crippen LogP contribution in [0.1, 0.15) is 34.3 Å². The molecule has 0 radical (unpaired) electrons. The maximum Gasteiger partial charge on any atom is 0.251 e. The fourth-order valence-corrected chi connectivity index (χ4v) is 3.40. The van der Waals surface area contributed by atoms with E-state index in [1.54, 1.807) is 13.1 Å². The Morgan fingerprint density at radius 3 is 2.62 bits per heavy atom. The van der Waals surface area contributed by atoms with Crippen LogP contribution in [0.5, 0.6) is 0 Å². The highest BCUT2D eigenvalue weighted by molar-refractivity contribution is 5.94. The van der Waals surface area contributed by atoms with Crippen LogP contribution in [0.2, 0.25) is 0 Å². The van der Waals surface area contributed by atoms with Crippen molar-refractivity contribution in [1.82, 2.24) is 15.5 Å². The van der Waals surface area contributed by atoms with Crippen LogP contribution in [0, 0.1) is 0 Å². The molecule has 1 aliphatic heterocycles. The molecule has 0 saturated carbocycles. The molecule has 1 saturated heterocycles. The van der Waals surface area contributed by atoms with Crippen molar-refractivity contribution in [3.8, 4) is 0 Å². The van der Waals surface area contributed by atoms with Gasteiger partial charge in [0.2, 0.25) is 5.91 Å². The van der Waals surface area contributed by atoms with Crippen molar-refractivity contribution in [2.75, 3.05) is 13.6 Å². The predicted octanol–water partition coefficient (Wildman–Crippen LogP) is 2.33. The third kappa shape index (κ3) is 4.49. The molecule has 2 aromatic carbocycles. The topological polar surface area (TPSA) is 61.4 Å². The standard InChI is InChI=1S/C21H25N3O2/c1-22-20(25)18-10-5-9-17(13-18)14-23-21(26)19-11-6-12-24(19)15-16-7-3-2-4-8-16/h2-5,7-10,13,19H,6,11-12,14-15H2,1H3,(H,22,25)(H,23,26)/t19-/m0/s1. The van der Waals surface area contributed by atoms with Gasteiger partial charge in [0.25, 0.3) is 5.91 Å². The second-order valence-corrected chi connectivity index (χ2v) is 6.61. The molecule has 0 aliphatic carbocycles. The average molecular weight is 351 g/mol. The number of hydrogen-bond acceptors (Lipinski definition) is 3. The lowest BCUT2D eigenvalue weighted by Gasteiger charge is -2.23. The van der Waals surface area contributed by atoms with Crippen LogP contribution in [0.4, 0.5) is 0 Å². The number of carbonyl (C=O) groups excluding carboxylic acids is 2. The van der Waals surface area contributed by atoms with Gasteiger partial charge in [0.1, 0.15) is 0 Å². The van der Waals surface area contributed by atoms with Gasteiger partial charge in [-0.2, -0.15) is 0 Å². The van der Waals surface area contributed by atoms with E-state index >= 15 is 0 Å². The summed E-state index contributed by atoms with van der Waals surface area (Å²) in [6, 6.07) is 17.5. The van der Waals surface area contributed by atoms with Crippen molar-refractivity contribution in [3.63, 3.8) is 0 Å². The van der Waals surface area contributed by atoms with Gasteiger partial charge in [0.15, 0.2) is 0 Å². The van der Waals surface area contributed by atoms with E-state index in [9.17, 15) is 9.59 Å². The minimum absolute atomic E-state index is 0.0591. The zero-order chi connectivity index (χ0) is 18.4. The minimum Gasteiger partial charge on any atom is -0.355 e. The lowest BCUT2D eigenvalue weighted by Crippen LogP contribution is -2.42. The predicted molar refractivity (Wildman–Crippen MR) is 102 cm³/mol. The quantitative estimate of drug-likeness (QED) is 0.840. The first-order valence-corrected chi connectivity index (χ1v) is 9.04. The number of carbonyl (C=O) groups is 2. The molecule has 0 unspecified atom stereocenters. The zero-order valence-electron chi connectivity index (χ0n) is 15.1. The third-order valence-electron chi connectivity index (χ3n) is 4.78. The van der Waals surface area contributed by atoms with Crippen molar-refractivity contribution < 1.29 is 9.59 Å². The third-order valence-corrected chi connectivity index (χ3v) is 4.78. The van der Waals surface area contributed by atoms with E-state index in [1.807, 2.05) is 36.4 Å². The summed E-state index contributed by atoms with van der Waals surface area (Å²) in [6.45, 7) is 2.17. The van der Waals surface area contributed by atoms with E-state index in [1.165, 1.54) is 5.56 Å². The molecule has 136 valence electrons. The van der Waals surface area contributed by atoms with Gasteiger partial charge in [-0.15, -0.1) is 0 Å². The Morgan fingerprint density at radius 2 is 1.85 bits per heavy atom.